The zero-order valence-electron chi connectivity index (χ0n) is 14.4. The zero-order chi connectivity index (χ0) is 16.2. The first-order valence-electron chi connectivity index (χ1n) is 8.21. The lowest BCUT2D eigenvalue weighted by Gasteiger charge is -2.13. The van der Waals surface area contributed by atoms with Gasteiger partial charge in [0.1, 0.15) is 0 Å². The third kappa shape index (κ3) is 9.19. The second kappa shape index (κ2) is 12.9. The van der Waals surface area contributed by atoms with Crippen LogP contribution in [0.2, 0.25) is 0 Å². The molecular formula is C19H29ClN2O. The van der Waals surface area contributed by atoms with Gasteiger partial charge in [0.25, 0.3) is 0 Å². The average Bonchev–Trinajstić information content (AvgIpc) is 2.55. The van der Waals surface area contributed by atoms with Crippen LogP contribution in [-0.2, 0) is 4.79 Å². The van der Waals surface area contributed by atoms with Crippen molar-refractivity contribution in [2.75, 3.05) is 6.54 Å². The molecule has 0 bridgehead atoms. The Labute approximate surface area is 146 Å². The van der Waals surface area contributed by atoms with Gasteiger partial charge in [-0.3, -0.25) is 9.78 Å². The van der Waals surface area contributed by atoms with E-state index < -0.39 is 0 Å². The Hall–Kier alpha value is -1.61. The van der Waals surface area contributed by atoms with Crippen molar-refractivity contribution in [1.82, 2.24) is 10.3 Å². The van der Waals surface area contributed by atoms with Crippen molar-refractivity contribution in [3.05, 3.63) is 42.6 Å². The lowest BCUT2D eigenvalue weighted by Crippen LogP contribution is -2.26. The second-order valence-electron chi connectivity index (χ2n) is 5.55. The van der Waals surface area contributed by atoms with Gasteiger partial charge in [-0.25, -0.2) is 0 Å². The van der Waals surface area contributed by atoms with Crippen LogP contribution in [0.25, 0.3) is 10.9 Å². The minimum atomic E-state index is 0. The smallest absolute Gasteiger partial charge is 0.216 e. The molecule has 3 nitrogen and oxygen atoms in total. The molecule has 0 radical (unpaired) electrons. The summed E-state index contributed by atoms with van der Waals surface area (Å²) in [5, 5.41) is 4.07. The standard InChI is InChI=1S/C10H21NO.C9H7N.ClH/c1-4-6-7-10(5-2)8-11-9(3)12;1-2-6-9-8(4-1)5-3-7-10-9;/h10H,4-8H2,1-3H3,(H,11,12);1-7H;1H. The lowest BCUT2D eigenvalue weighted by molar-refractivity contribution is -0.119. The van der Waals surface area contributed by atoms with Crippen LogP contribution in [0.5, 0.6) is 0 Å². The van der Waals surface area contributed by atoms with Gasteiger partial charge in [-0.15, -0.1) is 12.4 Å². The molecule has 0 fully saturated rings. The molecule has 23 heavy (non-hydrogen) atoms. The lowest BCUT2D eigenvalue weighted by atomic mass is 9.99. The highest BCUT2D eigenvalue weighted by Gasteiger charge is 2.05. The largest absolute Gasteiger partial charge is 0.356 e. The molecule has 0 aliphatic heterocycles. The fraction of sp³-hybridized carbons (Fsp3) is 0.474. The number of pyridine rings is 1. The van der Waals surface area contributed by atoms with Gasteiger partial charge >= 0.3 is 0 Å². The molecule has 1 amide bonds. The number of hydrogen-bond donors (Lipinski definition) is 1. The number of benzene rings is 1. The third-order valence-electron chi connectivity index (χ3n) is 3.70. The molecule has 0 spiro atoms. The van der Waals surface area contributed by atoms with Gasteiger partial charge in [0, 0.05) is 25.1 Å². The van der Waals surface area contributed by atoms with Crippen LogP contribution < -0.4 is 5.32 Å². The predicted octanol–water partition coefficient (Wildman–Crippen LogP) is 5.00. The predicted molar refractivity (Wildman–Crippen MR) is 101 cm³/mol. The van der Waals surface area contributed by atoms with E-state index in [-0.39, 0.29) is 18.3 Å². The molecular weight excluding hydrogens is 308 g/mol. The number of amides is 1. The Kier molecular flexibility index (Phi) is 12.0. The summed E-state index contributed by atoms with van der Waals surface area (Å²) in [7, 11) is 0. The summed E-state index contributed by atoms with van der Waals surface area (Å²) in [4.78, 5) is 14.8. The number of carbonyl (C=O) groups excluding carboxylic acids is 1. The SMILES string of the molecule is CCCCC(CC)CNC(C)=O.Cl.c1ccc2ncccc2c1. The van der Waals surface area contributed by atoms with Crippen LogP contribution >= 0.6 is 12.4 Å². The van der Waals surface area contributed by atoms with Gasteiger partial charge in [-0.2, -0.15) is 0 Å². The van der Waals surface area contributed by atoms with Crippen molar-refractivity contribution in [2.24, 2.45) is 5.92 Å². The quantitative estimate of drug-likeness (QED) is 0.806. The van der Waals surface area contributed by atoms with Crippen molar-refractivity contribution >= 4 is 29.2 Å². The molecule has 1 atom stereocenters. The van der Waals surface area contributed by atoms with E-state index in [1.165, 1.54) is 31.1 Å². The van der Waals surface area contributed by atoms with E-state index in [1.807, 2.05) is 30.5 Å². The minimum absolute atomic E-state index is 0. The number of para-hydroxylation sites is 1. The van der Waals surface area contributed by atoms with E-state index in [0.29, 0.717) is 5.92 Å². The molecule has 1 unspecified atom stereocenters. The molecule has 1 heterocycles. The molecule has 0 aliphatic rings. The fourth-order valence-corrected chi connectivity index (χ4v) is 2.25. The molecule has 0 saturated heterocycles. The molecule has 0 saturated carbocycles. The minimum Gasteiger partial charge on any atom is -0.356 e. The van der Waals surface area contributed by atoms with Gasteiger partial charge in [0.05, 0.1) is 5.52 Å². The highest BCUT2D eigenvalue weighted by atomic mass is 35.5. The number of unbranched alkanes of at least 4 members (excludes halogenated alkanes) is 1. The Morgan fingerprint density at radius 1 is 1.17 bits per heavy atom. The molecule has 2 rings (SSSR count). The number of rotatable bonds is 6. The third-order valence-corrected chi connectivity index (χ3v) is 3.70. The number of carbonyl (C=O) groups is 1. The van der Waals surface area contributed by atoms with Crippen molar-refractivity contribution < 1.29 is 4.79 Å². The van der Waals surface area contributed by atoms with Gasteiger partial charge in [0.15, 0.2) is 0 Å². The van der Waals surface area contributed by atoms with E-state index >= 15 is 0 Å². The summed E-state index contributed by atoms with van der Waals surface area (Å²) in [6.07, 6.45) is 6.74. The second-order valence-corrected chi connectivity index (χ2v) is 5.55. The zero-order valence-corrected chi connectivity index (χ0v) is 15.2. The summed E-state index contributed by atoms with van der Waals surface area (Å²) in [6.45, 7) is 6.81. The number of fused-ring (bicyclic) bond motifs is 1. The highest BCUT2D eigenvalue weighted by molar-refractivity contribution is 5.85. The summed E-state index contributed by atoms with van der Waals surface area (Å²) >= 11 is 0. The summed E-state index contributed by atoms with van der Waals surface area (Å²) in [6, 6.07) is 12.1. The molecule has 4 heteroatoms. The average molecular weight is 337 g/mol. The first-order chi connectivity index (χ1) is 10.7. The monoisotopic (exact) mass is 336 g/mol. The van der Waals surface area contributed by atoms with Crippen LogP contribution in [-0.4, -0.2) is 17.4 Å². The maximum Gasteiger partial charge on any atom is 0.216 e. The highest BCUT2D eigenvalue weighted by Crippen LogP contribution is 2.11. The van der Waals surface area contributed by atoms with E-state index in [1.54, 1.807) is 6.92 Å². The van der Waals surface area contributed by atoms with Gasteiger partial charge in [-0.1, -0.05) is 57.4 Å². The maximum atomic E-state index is 10.6. The Bertz CT molecular complexity index is 494. The van der Waals surface area contributed by atoms with Crippen molar-refractivity contribution in [1.29, 1.82) is 0 Å². The van der Waals surface area contributed by atoms with Crippen LogP contribution in [0, 0.1) is 5.92 Å². The van der Waals surface area contributed by atoms with E-state index in [2.05, 4.69) is 36.3 Å². The molecule has 2 aromatic rings. The van der Waals surface area contributed by atoms with Crippen LogP contribution in [0.4, 0.5) is 0 Å². The number of nitrogens with zero attached hydrogens (tertiary/aromatic N) is 1. The van der Waals surface area contributed by atoms with E-state index in [4.69, 9.17) is 0 Å². The molecule has 1 aromatic carbocycles. The van der Waals surface area contributed by atoms with Crippen LogP contribution in [0.15, 0.2) is 42.6 Å². The van der Waals surface area contributed by atoms with Gasteiger partial charge < -0.3 is 5.32 Å². The van der Waals surface area contributed by atoms with Gasteiger partial charge in [-0.05, 0) is 24.5 Å². The van der Waals surface area contributed by atoms with Crippen molar-refractivity contribution in [3.8, 4) is 0 Å². The topological polar surface area (TPSA) is 42.0 Å². The Morgan fingerprint density at radius 2 is 1.87 bits per heavy atom. The first kappa shape index (κ1) is 21.4. The summed E-state index contributed by atoms with van der Waals surface area (Å²) < 4.78 is 0. The van der Waals surface area contributed by atoms with Crippen molar-refractivity contribution in [3.63, 3.8) is 0 Å². The molecule has 128 valence electrons. The van der Waals surface area contributed by atoms with E-state index in [0.717, 1.165) is 12.1 Å². The van der Waals surface area contributed by atoms with Crippen LogP contribution in [0.1, 0.15) is 46.5 Å². The number of nitrogens with one attached hydrogen (secondary N) is 1. The number of aromatic nitrogens is 1. The normalized spacial score (nSPS) is 10.9. The summed E-state index contributed by atoms with van der Waals surface area (Å²) in [5.41, 5.74) is 1.06. The molecule has 1 aromatic heterocycles. The fourth-order valence-electron chi connectivity index (χ4n) is 2.25. The van der Waals surface area contributed by atoms with Crippen molar-refractivity contribution in [2.45, 2.75) is 46.5 Å². The summed E-state index contributed by atoms with van der Waals surface area (Å²) in [5.74, 6) is 0.763. The Balaban J connectivity index is 0.000000406. The first-order valence-corrected chi connectivity index (χ1v) is 8.21. The number of hydrogen-bond acceptors (Lipinski definition) is 2. The number of halogens is 1. The molecule has 0 aliphatic carbocycles. The van der Waals surface area contributed by atoms with E-state index in [9.17, 15) is 4.79 Å². The molecule has 1 N–H and O–H groups in total. The Morgan fingerprint density at radius 3 is 2.48 bits per heavy atom. The van der Waals surface area contributed by atoms with Crippen LogP contribution in [0.3, 0.4) is 0 Å². The maximum absolute atomic E-state index is 10.6. The van der Waals surface area contributed by atoms with Gasteiger partial charge in [0.2, 0.25) is 5.91 Å².